The summed E-state index contributed by atoms with van der Waals surface area (Å²) < 4.78 is 14.7. The predicted octanol–water partition coefficient (Wildman–Crippen LogP) is 2.43. The van der Waals surface area contributed by atoms with Crippen molar-refractivity contribution in [2.45, 2.75) is 13.8 Å². The van der Waals surface area contributed by atoms with Crippen LogP contribution in [0.25, 0.3) is 6.08 Å². The first-order valence-electron chi connectivity index (χ1n) is 7.64. The van der Waals surface area contributed by atoms with E-state index in [0.29, 0.717) is 11.5 Å². The Balaban J connectivity index is 2.15. The molecule has 0 aliphatic carbocycles. The molecule has 1 aromatic rings. The van der Waals surface area contributed by atoms with Gasteiger partial charge in [-0.3, -0.25) is 0 Å². The van der Waals surface area contributed by atoms with Gasteiger partial charge in [-0.25, -0.2) is 14.6 Å². The van der Waals surface area contributed by atoms with Gasteiger partial charge in [-0.2, -0.15) is 0 Å². The first-order chi connectivity index (χ1) is 12.0. The van der Waals surface area contributed by atoms with Gasteiger partial charge in [0.05, 0.1) is 19.4 Å². The van der Waals surface area contributed by atoms with Crippen LogP contribution in [0.2, 0.25) is 0 Å². The Hall–Kier alpha value is -3.09. The summed E-state index contributed by atoms with van der Waals surface area (Å²) in [5, 5.41) is 10.2. The van der Waals surface area contributed by atoms with Gasteiger partial charge in [-0.1, -0.05) is 12.1 Å². The highest BCUT2D eigenvalue weighted by molar-refractivity contribution is 6.22. The molecular formula is C18H19NO6. The molecule has 0 radical (unpaired) electrons. The summed E-state index contributed by atoms with van der Waals surface area (Å²) in [5.74, 6) is -0.771. The Morgan fingerprint density at radius 3 is 2.52 bits per heavy atom. The van der Waals surface area contributed by atoms with Gasteiger partial charge in [0.1, 0.15) is 17.0 Å². The van der Waals surface area contributed by atoms with Gasteiger partial charge in [0, 0.05) is 0 Å². The highest BCUT2D eigenvalue weighted by Gasteiger charge is 2.27. The number of carbonyl (C=O) groups excluding carboxylic acids is 2. The maximum absolute atomic E-state index is 11.9. The van der Waals surface area contributed by atoms with Crippen LogP contribution >= 0.6 is 0 Å². The van der Waals surface area contributed by atoms with E-state index in [9.17, 15) is 14.7 Å². The molecule has 0 bridgehead atoms. The molecule has 0 amide bonds. The number of benzene rings is 1. The van der Waals surface area contributed by atoms with E-state index in [4.69, 9.17) is 9.47 Å². The molecule has 25 heavy (non-hydrogen) atoms. The van der Waals surface area contributed by atoms with Crippen molar-refractivity contribution in [1.29, 1.82) is 0 Å². The van der Waals surface area contributed by atoms with Gasteiger partial charge in [0.15, 0.2) is 12.4 Å². The number of hydrogen-bond acceptors (Lipinski definition) is 7. The number of ether oxygens (including phenoxy) is 3. The molecule has 0 aromatic heterocycles. The standard InChI is InChI=1S/C18H19NO6/c1-4-24-18(22)16-11(2)19-14(17(16)21)9-12-5-7-13(8-6-12)25-10-15(20)23-3/h5-9,21H,4,10H2,1-3H3. The summed E-state index contributed by atoms with van der Waals surface area (Å²) in [6.45, 7) is 3.37. The normalized spacial score (nSPS) is 15.2. The van der Waals surface area contributed by atoms with Gasteiger partial charge in [-0.05, 0) is 37.6 Å². The number of esters is 2. The zero-order chi connectivity index (χ0) is 18.4. The second-order valence-corrected chi connectivity index (χ2v) is 5.10. The van der Waals surface area contributed by atoms with Crippen molar-refractivity contribution in [2.24, 2.45) is 4.99 Å². The third-order valence-electron chi connectivity index (χ3n) is 3.38. The minimum Gasteiger partial charge on any atom is -0.505 e. The van der Waals surface area contributed by atoms with Crippen LogP contribution in [0.4, 0.5) is 0 Å². The summed E-state index contributed by atoms with van der Waals surface area (Å²) in [7, 11) is 1.29. The fourth-order valence-electron chi connectivity index (χ4n) is 2.16. The fraction of sp³-hybridized carbons (Fsp3) is 0.278. The van der Waals surface area contributed by atoms with Crippen LogP contribution in [0.5, 0.6) is 5.75 Å². The van der Waals surface area contributed by atoms with E-state index >= 15 is 0 Å². The second-order valence-electron chi connectivity index (χ2n) is 5.10. The second kappa shape index (κ2) is 8.14. The van der Waals surface area contributed by atoms with Crippen LogP contribution in [0.15, 0.2) is 46.3 Å². The molecule has 0 fully saturated rings. The number of carbonyl (C=O) groups is 2. The molecule has 0 saturated carbocycles. The Kier molecular flexibility index (Phi) is 5.94. The van der Waals surface area contributed by atoms with Crippen molar-refractivity contribution >= 4 is 23.7 Å². The van der Waals surface area contributed by atoms with Gasteiger partial charge in [0.2, 0.25) is 0 Å². The number of hydrogen-bond donors (Lipinski definition) is 1. The molecule has 1 N–H and O–H groups in total. The molecule has 0 unspecified atom stereocenters. The highest BCUT2D eigenvalue weighted by Crippen LogP contribution is 2.26. The van der Waals surface area contributed by atoms with E-state index in [1.165, 1.54) is 7.11 Å². The lowest BCUT2D eigenvalue weighted by Crippen LogP contribution is -2.13. The molecule has 7 heteroatoms. The lowest BCUT2D eigenvalue weighted by atomic mass is 10.1. The van der Waals surface area contributed by atoms with Gasteiger partial charge in [0.25, 0.3) is 0 Å². The minimum atomic E-state index is -0.601. The topological polar surface area (TPSA) is 94.4 Å². The van der Waals surface area contributed by atoms with Crippen molar-refractivity contribution in [3.05, 3.63) is 46.9 Å². The summed E-state index contributed by atoms with van der Waals surface area (Å²) in [5.41, 5.74) is 1.50. The Labute approximate surface area is 145 Å². The van der Waals surface area contributed by atoms with Gasteiger partial charge in [-0.15, -0.1) is 0 Å². The van der Waals surface area contributed by atoms with E-state index in [2.05, 4.69) is 9.73 Å². The summed E-state index contributed by atoms with van der Waals surface area (Å²) in [6, 6.07) is 6.82. The van der Waals surface area contributed by atoms with E-state index in [0.717, 1.165) is 5.56 Å². The lowest BCUT2D eigenvalue weighted by molar-refractivity contribution is -0.143. The molecule has 0 saturated heterocycles. The molecule has 2 rings (SSSR count). The zero-order valence-corrected chi connectivity index (χ0v) is 14.2. The molecule has 132 valence electrons. The number of aliphatic hydroxyl groups is 1. The van der Waals surface area contributed by atoms with Gasteiger partial charge < -0.3 is 19.3 Å². The van der Waals surface area contributed by atoms with Crippen LogP contribution in [0.3, 0.4) is 0 Å². The van der Waals surface area contributed by atoms with Gasteiger partial charge >= 0.3 is 11.9 Å². The number of methoxy groups -OCH3 is 1. The Bertz CT molecular complexity index is 758. The van der Waals surface area contributed by atoms with Crippen molar-refractivity contribution in [1.82, 2.24) is 0 Å². The molecule has 1 aliphatic rings. The highest BCUT2D eigenvalue weighted by atomic mass is 16.6. The van der Waals surface area contributed by atoms with Crippen molar-refractivity contribution in [3.63, 3.8) is 0 Å². The average Bonchev–Trinajstić information content (AvgIpc) is 2.87. The maximum atomic E-state index is 11.9. The van der Waals surface area contributed by atoms with E-state index in [1.54, 1.807) is 44.2 Å². The first-order valence-corrected chi connectivity index (χ1v) is 7.64. The number of nitrogens with zero attached hydrogens (tertiary/aromatic N) is 1. The molecule has 1 aromatic carbocycles. The summed E-state index contributed by atoms with van der Waals surface area (Å²) in [4.78, 5) is 27.1. The molecular weight excluding hydrogens is 326 g/mol. The van der Waals surface area contributed by atoms with Crippen LogP contribution in [-0.2, 0) is 19.1 Å². The Morgan fingerprint density at radius 2 is 1.92 bits per heavy atom. The molecule has 1 aliphatic heterocycles. The first kappa shape index (κ1) is 18.3. The predicted molar refractivity (Wildman–Crippen MR) is 91.3 cm³/mol. The number of aliphatic hydroxyl groups excluding tert-OH is 1. The van der Waals surface area contributed by atoms with Crippen molar-refractivity contribution in [3.8, 4) is 5.75 Å². The van der Waals surface area contributed by atoms with Crippen molar-refractivity contribution < 1.29 is 28.9 Å². The van der Waals surface area contributed by atoms with Crippen LogP contribution in [-0.4, -0.2) is 43.1 Å². The molecule has 0 spiro atoms. The summed E-state index contributed by atoms with van der Waals surface area (Å²) in [6.07, 6.45) is 1.63. The Morgan fingerprint density at radius 1 is 1.24 bits per heavy atom. The SMILES string of the molecule is CCOC(=O)C1=C(O)C(=Cc2ccc(OCC(=O)OC)cc2)N=C1C. The molecule has 0 atom stereocenters. The average molecular weight is 345 g/mol. The van der Waals surface area contributed by atoms with Crippen LogP contribution < -0.4 is 4.74 Å². The van der Waals surface area contributed by atoms with Crippen molar-refractivity contribution in [2.75, 3.05) is 20.3 Å². The molecule has 7 nitrogen and oxygen atoms in total. The third kappa shape index (κ3) is 4.47. The monoisotopic (exact) mass is 345 g/mol. The van der Waals surface area contributed by atoms with E-state index in [-0.39, 0.29) is 30.2 Å². The maximum Gasteiger partial charge on any atom is 0.343 e. The van der Waals surface area contributed by atoms with E-state index < -0.39 is 11.9 Å². The number of rotatable bonds is 6. The number of aliphatic imine (C=N–C) groups is 1. The lowest BCUT2D eigenvalue weighted by Gasteiger charge is -2.05. The van der Waals surface area contributed by atoms with Crippen LogP contribution in [0, 0.1) is 0 Å². The van der Waals surface area contributed by atoms with E-state index in [1.807, 2.05) is 0 Å². The minimum absolute atomic E-state index is 0.0751. The third-order valence-corrected chi connectivity index (χ3v) is 3.38. The molecule has 1 heterocycles. The smallest absolute Gasteiger partial charge is 0.343 e. The quantitative estimate of drug-likeness (QED) is 0.796. The van der Waals surface area contributed by atoms with Crippen LogP contribution in [0.1, 0.15) is 19.4 Å². The fourth-order valence-corrected chi connectivity index (χ4v) is 2.16. The zero-order valence-electron chi connectivity index (χ0n) is 14.2. The summed E-state index contributed by atoms with van der Waals surface area (Å²) >= 11 is 0. The largest absolute Gasteiger partial charge is 0.505 e.